The second-order valence-electron chi connectivity index (χ2n) is 6.17. The van der Waals surface area contributed by atoms with Gasteiger partial charge in [-0.15, -0.1) is 0 Å². The van der Waals surface area contributed by atoms with Gasteiger partial charge in [-0.3, -0.25) is 9.59 Å². The average Bonchev–Trinajstić information content (AvgIpc) is 2.80. The molecule has 2 amide bonds. The molecule has 5 nitrogen and oxygen atoms in total. The van der Waals surface area contributed by atoms with Crippen LogP contribution in [0.1, 0.15) is 37.7 Å². The van der Waals surface area contributed by atoms with Crippen LogP contribution in [-0.4, -0.2) is 47.8 Å². The van der Waals surface area contributed by atoms with Crippen molar-refractivity contribution in [3.8, 4) is 0 Å². The molecule has 1 aromatic heterocycles. The van der Waals surface area contributed by atoms with Crippen molar-refractivity contribution < 1.29 is 14.0 Å². The Kier molecular flexibility index (Phi) is 4.16. The molecule has 2 rings (SSSR count). The van der Waals surface area contributed by atoms with E-state index >= 15 is 0 Å². The van der Waals surface area contributed by atoms with E-state index in [1.807, 2.05) is 25.7 Å². The van der Waals surface area contributed by atoms with Gasteiger partial charge in [-0.1, -0.05) is 20.8 Å². The molecule has 0 bridgehead atoms. The zero-order valence-electron chi connectivity index (χ0n) is 12.4. The first-order chi connectivity index (χ1) is 9.39. The van der Waals surface area contributed by atoms with Crippen LogP contribution in [0.2, 0.25) is 0 Å². The van der Waals surface area contributed by atoms with E-state index in [-0.39, 0.29) is 17.2 Å². The van der Waals surface area contributed by atoms with Gasteiger partial charge in [0.25, 0.3) is 5.91 Å². The van der Waals surface area contributed by atoms with Gasteiger partial charge in [0.2, 0.25) is 5.91 Å². The Hall–Kier alpha value is -1.78. The van der Waals surface area contributed by atoms with Crippen LogP contribution in [0.25, 0.3) is 0 Å². The predicted octanol–water partition coefficient (Wildman–Crippen LogP) is 2.00. The highest BCUT2D eigenvalue weighted by atomic mass is 16.3. The molecule has 1 aliphatic heterocycles. The van der Waals surface area contributed by atoms with Crippen molar-refractivity contribution in [2.75, 3.05) is 26.2 Å². The van der Waals surface area contributed by atoms with E-state index in [9.17, 15) is 9.59 Å². The lowest BCUT2D eigenvalue weighted by Crippen LogP contribution is -2.42. The molecular weight excluding hydrogens is 256 g/mol. The molecule has 0 atom stereocenters. The normalized spacial score (nSPS) is 16.9. The monoisotopic (exact) mass is 278 g/mol. The number of carbonyl (C=O) groups excluding carboxylic acids is 2. The molecule has 0 aromatic carbocycles. The van der Waals surface area contributed by atoms with Crippen LogP contribution in [-0.2, 0) is 4.79 Å². The molecule has 0 N–H and O–H groups in total. The van der Waals surface area contributed by atoms with E-state index in [0.29, 0.717) is 31.9 Å². The van der Waals surface area contributed by atoms with Crippen molar-refractivity contribution in [1.82, 2.24) is 9.80 Å². The zero-order valence-corrected chi connectivity index (χ0v) is 12.4. The summed E-state index contributed by atoms with van der Waals surface area (Å²) in [5, 5.41) is 0. The molecule has 110 valence electrons. The lowest BCUT2D eigenvalue weighted by atomic mass is 9.94. The lowest BCUT2D eigenvalue weighted by molar-refractivity contribution is -0.139. The molecule has 0 unspecified atom stereocenters. The molecule has 0 spiro atoms. The molecule has 1 aliphatic rings. The first-order valence-corrected chi connectivity index (χ1v) is 7.02. The van der Waals surface area contributed by atoms with E-state index in [0.717, 1.165) is 6.42 Å². The average molecular weight is 278 g/mol. The van der Waals surface area contributed by atoms with Gasteiger partial charge >= 0.3 is 0 Å². The fraction of sp³-hybridized carbons (Fsp3) is 0.600. The summed E-state index contributed by atoms with van der Waals surface area (Å²) >= 11 is 0. The highest BCUT2D eigenvalue weighted by molar-refractivity contribution is 5.91. The predicted molar refractivity (Wildman–Crippen MR) is 75.3 cm³/mol. The number of carbonyl (C=O) groups is 2. The molecule has 1 aromatic rings. The van der Waals surface area contributed by atoms with E-state index in [2.05, 4.69) is 0 Å². The quantitative estimate of drug-likeness (QED) is 0.789. The molecule has 1 fully saturated rings. The fourth-order valence-electron chi connectivity index (χ4n) is 2.35. The third kappa shape index (κ3) is 3.21. The topological polar surface area (TPSA) is 53.8 Å². The minimum atomic E-state index is -0.375. The Morgan fingerprint density at radius 2 is 1.75 bits per heavy atom. The summed E-state index contributed by atoms with van der Waals surface area (Å²) in [6.07, 6.45) is 2.30. The van der Waals surface area contributed by atoms with E-state index in [1.54, 1.807) is 17.0 Å². The second-order valence-corrected chi connectivity index (χ2v) is 6.17. The Morgan fingerprint density at radius 1 is 1.10 bits per heavy atom. The number of furan rings is 1. The number of amides is 2. The molecule has 0 radical (unpaired) electrons. The first-order valence-electron chi connectivity index (χ1n) is 7.02. The second kappa shape index (κ2) is 5.69. The van der Waals surface area contributed by atoms with Gasteiger partial charge in [0.05, 0.1) is 6.26 Å². The highest BCUT2D eigenvalue weighted by Crippen LogP contribution is 2.19. The third-order valence-electron chi connectivity index (χ3n) is 3.44. The zero-order chi connectivity index (χ0) is 14.8. The maximum absolute atomic E-state index is 12.3. The largest absolute Gasteiger partial charge is 0.459 e. The highest BCUT2D eigenvalue weighted by Gasteiger charge is 2.29. The maximum atomic E-state index is 12.3. The van der Waals surface area contributed by atoms with Crippen LogP contribution in [0.5, 0.6) is 0 Å². The summed E-state index contributed by atoms with van der Waals surface area (Å²) in [6, 6.07) is 3.38. The van der Waals surface area contributed by atoms with Crippen LogP contribution in [0.15, 0.2) is 22.8 Å². The van der Waals surface area contributed by atoms with Gasteiger partial charge in [0, 0.05) is 31.6 Å². The summed E-state index contributed by atoms with van der Waals surface area (Å²) < 4.78 is 5.15. The Bertz CT molecular complexity index is 474. The summed E-state index contributed by atoms with van der Waals surface area (Å²) in [5.41, 5.74) is -0.375. The third-order valence-corrected chi connectivity index (χ3v) is 3.44. The van der Waals surface area contributed by atoms with Gasteiger partial charge in [0.15, 0.2) is 5.76 Å². The molecule has 0 aliphatic carbocycles. The molecule has 5 heteroatoms. The summed E-state index contributed by atoms with van der Waals surface area (Å²) in [5.74, 6) is 0.408. The Labute approximate surface area is 119 Å². The minimum absolute atomic E-state index is 0.0972. The number of hydrogen-bond acceptors (Lipinski definition) is 3. The van der Waals surface area contributed by atoms with Crippen LogP contribution >= 0.6 is 0 Å². The smallest absolute Gasteiger partial charge is 0.289 e. The van der Waals surface area contributed by atoms with Crippen LogP contribution < -0.4 is 0 Å². The van der Waals surface area contributed by atoms with Gasteiger partial charge in [-0.2, -0.15) is 0 Å². The molecule has 2 heterocycles. The standard InChI is InChI=1S/C15H22N2O3/c1-15(2,3)14(19)17-8-5-7-16(9-10-17)13(18)12-6-4-11-20-12/h4,6,11H,5,7-10H2,1-3H3. The van der Waals surface area contributed by atoms with E-state index in [4.69, 9.17) is 4.42 Å². The number of nitrogens with zero attached hydrogens (tertiary/aromatic N) is 2. The number of hydrogen-bond donors (Lipinski definition) is 0. The van der Waals surface area contributed by atoms with Crippen molar-refractivity contribution in [3.05, 3.63) is 24.2 Å². The Morgan fingerprint density at radius 3 is 2.35 bits per heavy atom. The van der Waals surface area contributed by atoms with Crippen LogP contribution in [0.3, 0.4) is 0 Å². The van der Waals surface area contributed by atoms with Crippen LogP contribution in [0, 0.1) is 5.41 Å². The molecule has 0 saturated carbocycles. The molecule has 20 heavy (non-hydrogen) atoms. The molecular formula is C15H22N2O3. The lowest BCUT2D eigenvalue weighted by Gasteiger charge is -2.28. The summed E-state index contributed by atoms with van der Waals surface area (Å²) in [6.45, 7) is 8.28. The number of rotatable bonds is 1. The van der Waals surface area contributed by atoms with Gasteiger partial charge < -0.3 is 14.2 Å². The molecule has 1 saturated heterocycles. The summed E-state index contributed by atoms with van der Waals surface area (Å²) in [7, 11) is 0. The van der Waals surface area contributed by atoms with E-state index < -0.39 is 0 Å². The van der Waals surface area contributed by atoms with Crippen molar-refractivity contribution in [1.29, 1.82) is 0 Å². The van der Waals surface area contributed by atoms with Crippen LogP contribution in [0.4, 0.5) is 0 Å². The minimum Gasteiger partial charge on any atom is -0.459 e. The van der Waals surface area contributed by atoms with E-state index in [1.165, 1.54) is 6.26 Å². The van der Waals surface area contributed by atoms with Gasteiger partial charge in [-0.05, 0) is 18.6 Å². The Balaban J connectivity index is 1.99. The fourth-order valence-corrected chi connectivity index (χ4v) is 2.35. The van der Waals surface area contributed by atoms with Crippen molar-refractivity contribution in [3.63, 3.8) is 0 Å². The van der Waals surface area contributed by atoms with Crippen molar-refractivity contribution >= 4 is 11.8 Å². The van der Waals surface area contributed by atoms with Crippen molar-refractivity contribution in [2.45, 2.75) is 27.2 Å². The first kappa shape index (κ1) is 14.6. The maximum Gasteiger partial charge on any atom is 0.289 e. The SMILES string of the molecule is CC(C)(C)C(=O)N1CCCN(C(=O)c2ccco2)CC1. The summed E-state index contributed by atoms with van der Waals surface area (Å²) in [4.78, 5) is 28.1. The van der Waals surface area contributed by atoms with Gasteiger partial charge in [-0.25, -0.2) is 0 Å². The van der Waals surface area contributed by atoms with Gasteiger partial charge in [0.1, 0.15) is 0 Å². The van der Waals surface area contributed by atoms with Crippen molar-refractivity contribution in [2.24, 2.45) is 5.41 Å².